The minimum Gasteiger partial charge on any atom is -0.469 e. The van der Waals surface area contributed by atoms with Crippen molar-refractivity contribution in [3.63, 3.8) is 0 Å². The zero-order valence-corrected chi connectivity index (χ0v) is 9.19. The Morgan fingerprint density at radius 2 is 2.29 bits per heavy atom. The van der Waals surface area contributed by atoms with Gasteiger partial charge < -0.3 is 10.5 Å². The van der Waals surface area contributed by atoms with Gasteiger partial charge in [0.1, 0.15) is 0 Å². The van der Waals surface area contributed by atoms with E-state index in [0.29, 0.717) is 18.5 Å². The van der Waals surface area contributed by atoms with Crippen LogP contribution in [0.5, 0.6) is 0 Å². The summed E-state index contributed by atoms with van der Waals surface area (Å²) in [4.78, 5) is 13.7. The molecule has 1 aliphatic rings. The summed E-state index contributed by atoms with van der Waals surface area (Å²) in [7, 11) is 1.45. The average molecular weight is 200 g/mol. The van der Waals surface area contributed by atoms with E-state index in [-0.39, 0.29) is 11.9 Å². The van der Waals surface area contributed by atoms with E-state index in [2.05, 4.69) is 18.7 Å². The molecule has 0 saturated carbocycles. The van der Waals surface area contributed by atoms with Crippen molar-refractivity contribution in [2.45, 2.75) is 19.9 Å². The van der Waals surface area contributed by atoms with E-state index in [0.717, 1.165) is 13.1 Å². The van der Waals surface area contributed by atoms with Gasteiger partial charge in [-0.3, -0.25) is 9.69 Å². The predicted molar refractivity (Wildman–Crippen MR) is 54.8 cm³/mol. The maximum absolute atomic E-state index is 11.4. The second kappa shape index (κ2) is 4.75. The van der Waals surface area contributed by atoms with Gasteiger partial charge >= 0.3 is 5.97 Å². The number of nitrogens with two attached hydrogens (primary N) is 1. The van der Waals surface area contributed by atoms with Crippen molar-refractivity contribution in [1.29, 1.82) is 0 Å². The molecule has 2 N–H and O–H groups in total. The predicted octanol–water partition coefficient (Wildman–Crippen LogP) is 0.0745. The maximum Gasteiger partial charge on any atom is 0.310 e. The summed E-state index contributed by atoms with van der Waals surface area (Å²) in [5.41, 5.74) is 5.59. The first-order valence-corrected chi connectivity index (χ1v) is 5.12. The fourth-order valence-corrected chi connectivity index (χ4v) is 1.97. The molecule has 3 unspecified atom stereocenters. The van der Waals surface area contributed by atoms with Gasteiger partial charge in [0.15, 0.2) is 0 Å². The SMILES string of the molecule is COC(=O)C1CN(C(C)CN)CC1C. The second-order valence-electron chi connectivity index (χ2n) is 4.15. The Kier molecular flexibility index (Phi) is 3.89. The Balaban J connectivity index is 2.55. The number of methoxy groups -OCH3 is 1. The molecule has 0 radical (unpaired) electrons. The Labute approximate surface area is 85.4 Å². The van der Waals surface area contributed by atoms with E-state index < -0.39 is 0 Å². The van der Waals surface area contributed by atoms with Crippen LogP contribution in [0.3, 0.4) is 0 Å². The fraction of sp³-hybridized carbons (Fsp3) is 0.900. The molecule has 1 aliphatic heterocycles. The van der Waals surface area contributed by atoms with Crippen molar-refractivity contribution >= 4 is 5.97 Å². The van der Waals surface area contributed by atoms with Gasteiger partial charge in [-0.25, -0.2) is 0 Å². The van der Waals surface area contributed by atoms with Gasteiger partial charge in [-0.2, -0.15) is 0 Å². The number of carbonyl (C=O) groups is 1. The fourth-order valence-electron chi connectivity index (χ4n) is 1.97. The highest BCUT2D eigenvalue weighted by atomic mass is 16.5. The summed E-state index contributed by atoms with van der Waals surface area (Å²) < 4.78 is 4.77. The van der Waals surface area contributed by atoms with Crippen molar-refractivity contribution in [3.05, 3.63) is 0 Å². The first-order valence-electron chi connectivity index (χ1n) is 5.12. The summed E-state index contributed by atoms with van der Waals surface area (Å²) in [5, 5.41) is 0. The molecule has 1 fully saturated rings. The summed E-state index contributed by atoms with van der Waals surface area (Å²) in [5.74, 6) is 0.301. The van der Waals surface area contributed by atoms with Gasteiger partial charge in [-0.1, -0.05) is 6.92 Å². The molecule has 0 aromatic carbocycles. The lowest BCUT2D eigenvalue weighted by Crippen LogP contribution is -2.37. The first kappa shape index (κ1) is 11.5. The molecule has 0 bridgehead atoms. The summed E-state index contributed by atoms with van der Waals surface area (Å²) in [6.07, 6.45) is 0. The zero-order chi connectivity index (χ0) is 10.7. The number of hydrogen-bond acceptors (Lipinski definition) is 4. The number of ether oxygens (including phenoxy) is 1. The molecule has 1 saturated heterocycles. The average Bonchev–Trinajstić information content (AvgIpc) is 2.58. The van der Waals surface area contributed by atoms with Crippen LogP contribution in [0.2, 0.25) is 0 Å². The van der Waals surface area contributed by atoms with E-state index in [1.807, 2.05) is 0 Å². The third kappa shape index (κ3) is 2.25. The Morgan fingerprint density at radius 1 is 1.64 bits per heavy atom. The third-order valence-electron chi connectivity index (χ3n) is 3.11. The number of likely N-dealkylation sites (tertiary alicyclic amines) is 1. The topological polar surface area (TPSA) is 55.6 Å². The molecular formula is C10H20N2O2. The molecular weight excluding hydrogens is 180 g/mol. The van der Waals surface area contributed by atoms with Crippen molar-refractivity contribution in [2.24, 2.45) is 17.6 Å². The summed E-state index contributed by atoms with van der Waals surface area (Å²) >= 11 is 0. The summed E-state index contributed by atoms with van der Waals surface area (Å²) in [6, 6.07) is 0.354. The van der Waals surface area contributed by atoms with Crippen LogP contribution in [0, 0.1) is 11.8 Å². The van der Waals surface area contributed by atoms with Gasteiger partial charge in [-0.05, 0) is 12.8 Å². The molecule has 1 rings (SSSR count). The zero-order valence-electron chi connectivity index (χ0n) is 9.19. The number of hydrogen-bond donors (Lipinski definition) is 1. The van der Waals surface area contributed by atoms with E-state index in [1.165, 1.54) is 7.11 Å². The largest absolute Gasteiger partial charge is 0.469 e. The van der Waals surface area contributed by atoms with E-state index in [4.69, 9.17) is 10.5 Å². The highest BCUT2D eigenvalue weighted by molar-refractivity contribution is 5.73. The van der Waals surface area contributed by atoms with E-state index in [9.17, 15) is 4.79 Å². The van der Waals surface area contributed by atoms with Gasteiger partial charge in [0.25, 0.3) is 0 Å². The minimum absolute atomic E-state index is 0.0222. The van der Waals surface area contributed by atoms with Gasteiger partial charge in [-0.15, -0.1) is 0 Å². The van der Waals surface area contributed by atoms with Crippen molar-refractivity contribution in [1.82, 2.24) is 4.90 Å². The molecule has 14 heavy (non-hydrogen) atoms. The van der Waals surface area contributed by atoms with Crippen LogP contribution in [0.4, 0.5) is 0 Å². The minimum atomic E-state index is -0.0933. The molecule has 1 heterocycles. The second-order valence-corrected chi connectivity index (χ2v) is 4.15. The number of nitrogens with zero attached hydrogens (tertiary/aromatic N) is 1. The highest BCUT2D eigenvalue weighted by Gasteiger charge is 2.36. The van der Waals surface area contributed by atoms with Crippen LogP contribution in [0.1, 0.15) is 13.8 Å². The lowest BCUT2D eigenvalue weighted by atomic mass is 9.99. The third-order valence-corrected chi connectivity index (χ3v) is 3.11. The van der Waals surface area contributed by atoms with Crippen molar-refractivity contribution < 1.29 is 9.53 Å². The van der Waals surface area contributed by atoms with Crippen LogP contribution < -0.4 is 5.73 Å². The van der Waals surface area contributed by atoms with Crippen molar-refractivity contribution in [3.8, 4) is 0 Å². The molecule has 4 nitrogen and oxygen atoms in total. The van der Waals surface area contributed by atoms with Crippen LogP contribution in [-0.2, 0) is 9.53 Å². The van der Waals surface area contributed by atoms with Crippen molar-refractivity contribution in [2.75, 3.05) is 26.7 Å². The normalized spacial score (nSPS) is 30.3. The number of carbonyl (C=O) groups excluding carboxylic acids is 1. The molecule has 0 amide bonds. The summed E-state index contributed by atoms with van der Waals surface area (Å²) in [6.45, 7) is 6.54. The van der Waals surface area contributed by atoms with Gasteiger partial charge in [0.05, 0.1) is 13.0 Å². The Morgan fingerprint density at radius 3 is 2.79 bits per heavy atom. The van der Waals surface area contributed by atoms with Gasteiger partial charge in [0.2, 0.25) is 0 Å². The number of rotatable bonds is 3. The van der Waals surface area contributed by atoms with E-state index in [1.54, 1.807) is 0 Å². The molecule has 4 heteroatoms. The first-order chi connectivity index (χ1) is 6.60. The smallest absolute Gasteiger partial charge is 0.310 e. The lowest BCUT2D eigenvalue weighted by Gasteiger charge is -2.22. The molecule has 0 aliphatic carbocycles. The quantitative estimate of drug-likeness (QED) is 0.655. The number of esters is 1. The van der Waals surface area contributed by atoms with Crippen LogP contribution >= 0.6 is 0 Å². The Bertz CT molecular complexity index is 208. The molecule has 0 aromatic heterocycles. The van der Waals surface area contributed by atoms with Crippen LogP contribution in [0.15, 0.2) is 0 Å². The molecule has 0 spiro atoms. The Hall–Kier alpha value is -0.610. The standard InChI is InChI=1S/C10H20N2O2/c1-7-5-12(8(2)4-11)6-9(7)10(13)14-3/h7-9H,4-6,11H2,1-3H3. The van der Waals surface area contributed by atoms with Gasteiger partial charge in [0, 0.05) is 25.7 Å². The maximum atomic E-state index is 11.4. The van der Waals surface area contributed by atoms with Crippen LogP contribution in [-0.4, -0.2) is 43.7 Å². The molecule has 3 atom stereocenters. The monoisotopic (exact) mass is 200 g/mol. The van der Waals surface area contributed by atoms with Crippen LogP contribution in [0.25, 0.3) is 0 Å². The molecule has 0 aromatic rings. The van der Waals surface area contributed by atoms with E-state index >= 15 is 0 Å². The lowest BCUT2D eigenvalue weighted by molar-refractivity contribution is -0.146. The highest BCUT2D eigenvalue weighted by Crippen LogP contribution is 2.25. The molecule has 82 valence electrons.